The van der Waals surface area contributed by atoms with Crippen LogP contribution in [0.2, 0.25) is 0 Å². The molecule has 1 aromatic rings. The van der Waals surface area contributed by atoms with Gasteiger partial charge in [-0.2, -0.15) is 5.01 Å². The number of amides is 5. The average molecular weight is 397 g/mol. The van der Waals surface area contributed by atoms with Crippen LogP contribution in [0.4, 0.5) is 4.79 Å². The normalized spacial score (nSPS) is 19.9. The molecular weight excluding hydrogens is 380 g/mol. The maximum atomic E-state index is 12.1. The van der Waals surface area contributed by atoms with Crippen molar-refractivity contribution in [3.8, 4) is 0 Å². The lowest BCUT2D eigenvalue weighted by Gasteiger charge is -2.19. The van der Waals surface area contributed by atoms with E-state index in [0.717, 1.165) is 4.47 Å². The Labute approximate surface area is 147 Å². The summed E-state index contributed by atoms with van der Waals surface area (Å²) in [6.45, 7) is 2.96. The fourth-order valence-corrected chi connectivity index (χ4v) is 2.48. The van der Waals surface area contributed by atoms with Gasteiger partial charge in [-0.15, -0.1) is 0 Å². The maximum Gasteiger partial charge on any atom is 0.344 e. The second kappa shape index (κ2) is 7.00. The number of halogens is 1. The van der Waals surface area contributed by atoms with Crippen LogP contribution in [0.25, 0.3) is 0 Å². The van der Waals surface area contributed by atoms with E-state index in [1.165, 1.54) is 0 Å². The quantitative estimate of drug-likeness (QED) is 0.643. The molecule has 0 saturated carbocycles. The monoisotopic (exact) mass is 396 g/mol. The number of nitrogens with one attached hydrogen (secondary N) is 3. The van der Waals surface area contributed by atoms with Crippen molar-refractivity contribution in [2.75, 3.05) is 6.54 Å². The third-order valence-electron chi connectivity index (χ3n) is 3.70. The van der Waals surface area contributed by atoms with Crippen LogP contribution in [0.3, 0.4) is 0 Å². The molecular formula is C15H17BrN4O4. The molecule has 1 atom stereocenters. The van der Waals surface area contributed by atoms with Crippen LogP contribution in [0.5, 0.6) is 0 Å². The van der Waals surface area contributed by atoms with Crippen LogP contribution in [0, 0.1) is 0 Å². The Morgan fingerprint density at radius 2 is 2.04 bits per heavy atom. The summed E-state index contributed by atoms with van der Waals surface area (Å²) in [6, 6.07) is 5.97. The molecule has 0 aromatic heterocycles. The van der Waals surface area contributed by atoms with E-state index in [1.807, 2.05) is 0 Å². The lowest BCUT2D eigenvalue weighted by Crippen LogP contribution is -2.51. The van der Waals surface area contributed by atoms with Crippen molar-refractivity contribution in [1.82, 2.24) is 21.1 Å². The Balaban J connectivity index is 1.91. The minimum absolute atomic E-state index is 0.370. The van der Waals surface area contributed by atoms with Crippen molar-refractivity contribution in [1.29, 1.82) is 0 Å². The maximum absolute atomic E-state index is 12.1. The zero-order valence-corrected chi connectivity index (χ0v) is 14.8. The van der Waals surface area contributed by atoms with E-state index in [4.69, 9.17) is 0 Å². The van der Waals surface area contributed by atoms with Crippen LogP contribution in [-0.2, 0) is 9.59 Å². The molecule has 1 saturated heterocycles. The number of urea groups is 1. The Kier molecular flexibility index (Phi) is 5.23. The van der Waals surface area contributed by atoms with Crippen LogP contribution in [0.15, 0.2) is 28.7 Å². The van der Waals surface area contributed by atoms with Crippen molar-refractivity contribution in [3.05, 3.63) is 34.3 Å². The lowest BCUT2D eigenvalue weighted by atomic mass is 10.00. The summed E-state index contributed by atoms with van der Waals surface area (Å²) in [6.07, 6.45) is 0.392. The minimum Gasteiger partial charge on any atom is -0.343 e. The number of benzene rings is 1. The Morgan fingerprint density at radius 1 is 1.33 bits per heavy atom. The molecule has 128 valence electrons. The molecule has 0 radical (unpaired) electrons. The summed E-state index contributed by atoms with van der Waals surface area (Å²) in [7, 11) is 0. The summed E-state index contributed by atoms with van der Waals surface area (Å²) in [5.74, 6) is -1.66. The summed E-state index contributed by atoms with van der Waals surface area (Å²) in [5, 5.41) is 5.57. The SMILES string of the molecule is CC[C@@]1(C)NC(=O)N(NC(=O)CNC(=O)c2cccc(Br)c2)C1=O. The highest BCUT2D eigenvalue weighted by Crippen LogP contribution is 2.19. The molecule has 8 nitrogen and oxygen atoms in total. The molecule has 1 heterocycles. The van der Waals surface area contributed by atoms with Crippen molar-refractivity contribution < 1.29 is 19.2 Å². The van der Waals surface area contributed by atoms with Crippen molar-refractivity contribution in [2.45, 2.75) is 25.8 Å². The largest absolute Gasteiger partial charge is 0.344 e. The molecule has 1 fully saturated rings. The van der Waals surface area contributed by atoms with Gasteiger partial charge in [0.05, 0.1) is 6.54 Å². The van der Waals surface area contributed by atoms with E-state index in [-0.39, 0.29) is 6.54 Å². The van der Waals surface area contributed by atoms with Gasteiger partial charge in [-0.1, -0.05) is 28.9 Å². The smallest absolute Gasteiger partial charge is 0.343 e. The number of carbonyl (C=O) groups excluding carboxylic acids is 4. The first-order chi connectivity index (χ1) is 11.3. The molecule has 5 amide bonds. The zero-order valence-electron chi connectivity index (χ0n) is 13.2. The molecule has 2 rings (SSSR count). The van der Waals surface area contributed by atoms with Gasteiger partial charge in [0.2, 0.25) is 0 Å². The molecule has 0 bridgehead atoms. The highest BCUT2D eigenvalue weighted by Gasteiger charge is 2.47. The van der Waals surface area contributed by atoms with Crippen LogP contribution < -0.4 is 16.1 Å². The first kappa shape index (κ1) is 17.9. The summed E-state index contributed by atoms with van der Waals surface area (Å²) >= 11 is 3.25. The summed E-state index contributed by atoms with van der Waals surface area (Å²) in [4.78, 5) is 47.7. The predicted molar refractivity (Wildman–Crippen MR) is 88.7 cm³/mol. The zero-order chi connectivity index (χ0) is 17.9. The fraction of sp³-hybridized carbons (Fsp3) is 0.333. The molecule has 9 heteroatoms. The van der Waals surface area contributed by atoms with Gasteiger partial charge in [0, 0.05) is 10.0 Å². The van der Waals surface area contributed by atoms with Crippen LogP contribution in [0.1, 0.15) is 30.6 Å². The Morgan fingerprint density at radius 3 is 2.62 bits per heavy atom. The lowest BCUT2D eigenvalue weighted by molar-refractivity contribution is -0.138. The number of nitrogens with zero attached hydrogens (tertiary/aromatic N) is 1. The predicted octanol–water partition coefficient (Wildman–Crippen LogP) is 0.931. The number of hydrogen-bond donors (Lipinski definition) is 3. The van der Waals surface area contributed by atoms with E-state index in [1.54, 1.807) is 38.1 Å². The molecule has 3 N–H and O–H groups in total. The molecule has 0 aliphatic carbocycles. The Bertz CT molecular complexity index is 708. The third-order valence-corrected chi connectivity index (χ3v) is 4.19. The highest BCUT2D eigenvalue weighted by molar-refractivity contribution is 9.10. The molecule has 1 aromatic carbocycles. The topological polar surface area (TPSA) is 108 Å². The first-order valence-electron chi connectivity index (χ1n) is 7.27. The van der Waals surface area contributed by atoms with Gasteiger partial charge in [0.25, 0.3) is 17.7 Å². The molecule has 0 unspecified atom stereocenters. The number of hydrazine groups is 1. The third kappa shape index (κ3) is 3.73. The van der Waals surface area contributed by atoms with Crippen LogP contribution in [-0.4, -0.2) is 40.8 Å². The van der Waals surface area contributed by atoms with E-state index >= 15 is 0 Å². The van der Waals surface area contributed by atoms with Crippen molar-refractivity contribution >= 4 is 39.7 Å². The Hall–Kier alpha value is -2.42. The first-order valence-corrected chi connectivity index (χ1v) is 8.06. The number of imide groups is 1. The molecule has 1 aliphatic heterocycles. The second-order valence-electron chi connectivity index (χ2n) is 5.48. The molecule has 1 aliphatic rings. The van der Waals surface area contributed by atoms with Gasteiger partial charge in [0.15, 0.2) is 0 Å². The number of rotatable bonds is 5. The number of carbonyl (C=O) groups is 4. The van der Waals surface area contributed by atoms with Crippen LogP contribution >= 0.6 is 15.9 Å². The van der Waals surface area contributed by atoms with E-state index < -0.39 is 29.3 Å². The van der Waals surface area contributed by atoms with Gasteiger partial charge in [0.1, 0.15) is 5.54 Å². The molecule has 0 spiro atoms. The highest BCUT2D eigenvalue weighted by atomic mass is 79.9. The van der Waals surface area contributed by atoms with Crippen molar-refractivity contribution in [3.63, 3.8) is 0 Å². The van der Waals surface area contributed by atoms with Gasteiger partial charge >= 0.3 is 6.03 Å². The van der Waals surface area contributed by atoms with Gasteiger partial charge < -0.3 is 10.6 Å². The molecule has 24 heavy (non-hydrogen) atoms. The van der Waals surface area contributed by atoms with E-state index in [2.05, 4.69) is 32.0 Å². The van der Waals surface area contributed by atoms with Crippen molar-refractivity contribution in [2.24, 2.45) is 0 Å². The van der Waals surface area contributed by atoms with Gasteiger partial charge in [-0.25, -0.2) is 4.79 Å². The standard InChI is InChI=1S/C15H17BrN4O4/c1-3-15(2)13(23)20(14(24)18-15)19-11(21)8-17-12(22)9-5-4-6-10(16)7-9/h4-7H,3,8H2,1-2H3,(H,17,22)(H,18,24)(H,19,21)/t15-/m1/s1. The summed E-state index contributed by atoms with van der Waals surface area (Å²) < 4.78 is 0.734. The van der Waals surface area contributed by atoms with E-state index in [0.29, 0.717) is 17.0 Å². The van der Waals surface area contributed by atoms with Gasteiger partial charge in [-0.05, 0) is 31.5 Å². The van der Waals surface area contributed by atoms with Gasteiger partial charge in [-0.3, -0.25) is 19.8 Å². The summed E-state index contributed by atoms with van der Waals surface area (Å²) in [5.41, 5.74) is 1.54. The second-order valence-corrected chi connectivity index (χ2v) is 6.40. The van der Waals surface area contributed by atoms with E-state index in [9.17, 15) is 19.2 Å². The average Bonchev–Trinajstić information content (AvgIpc) is 2.76. The number of hydrogen-bond acceptors (Lipinski definition) is 4. The minimum atomic E-state index is -1.04. The fourth-order valence-electron chi connectivity index (χ4n) is 2.08.